The molecule has 0 saturated heterocycles. The lowest BCUT2D eigenvalue weighted by Gasteiger charge is -2.03. The smallest absolute Gasteiger partial charge is 0.391 e. The summed E-state index contributed by atoms with van der Waals surface area (Å²) < 4.78 is 37.4. The van der Waals surface area contributed by atoms with Crippen LogP contribution in [0.1, 0.15) is 11.3 Å². The van der Waals surface area contributed by atoms with Crippen molar-refractivity contribution < 1.29 is 18.3 Å². The van der Waals surface area contributed by atoms with E-state index < -0.39 is 24.0 Å². The maximum atomic E-state index is 12.2. The predicted molar refractivity (Wildman–Crippen MR) is 39.1 cm³/mol. The summed E-state index contributed by atoms with van der Waals surface area (Å²) in [4.78, 5) is 0. The first-order valence-corrected chi connectivity index (χ1v) is 3.65. The molecule has 3 nitrogen and oxygen atoms in total. The number of aliphatic hydroxyl groups excluding tert-OH is 1. The van der Waals surface area contributed by atoms with Crippen LogP contribution in [-0.2, 0) is 19.8 Å². The van der Waals surface area contributed by atoms with E-state index in [0.29, 0.717) is 0 Å². The van der Waals surface area contributed by atoms with Crippen LogP contribution in [0.15, 0.2) is 0 Å². The highest BCUT2D eigenvalue weighted by Gasteiger charge is 2.38. The van der Waals surface area contributed by atoms with E-state index in [1.807, 2.05) is 0 Å². The summed E-state index contributed by atoms with van der Waals surface area (Å²) in [5.41, 5.74) is -1.53. The molecular weight excluding hydrogens is 209 g/mol. The first kappa shape index (κ1) is 10.3. The summed E-state index contributed by atoms with van der Waals surface area (Å²) in [5.74, 6) is 0. The zero-order valence-electron chi connectivity index (χ0n) is 6.56. The van der Waals surface area contributed by atoms with E-state index in [-0.39, 0.29) is 5.15 Å². The molecule has 74 valence electrons. The van der Waals surface area contributed by atoms with Crippen LogP contribution in [0.4, 0.5) is 13.2 Å². The van der Waals surface area contributed by atoms with E-state index in [9.17, 15) is 13.2 Å². The Morgan fingerprint density at radius 1 is 1.54 bits per heavy atom. The third-order valence-corrected chi connectivity index (χ3v) is 1.97. The van der Waals surface area contributed by atoms with Crippen LogP contribution in [-0.4, -0.2) is 14.9 Å². The Morgan fingerprint density at radius 3 is 2.38 bits per heavy atom. The Hall–Kier alpha value is -0.750. The second-order valence-electron chi connectivity index (χ2n) is 2.40. The van der Waals surface area contributed by atoms with E-state index in [1.54, 1.807) is 0 Å². The molecule has 0 amide bonds. The van der Waals surface area contributed by atoms with Crippen molar-refractivity contribution in [2.45, 2.75) is 12.8 Å². The Kier molecular flexibility index (Phi) is 2.53. The summed E-state index contributed by atoms with van der Waals surface area (Å²) in [6, 6.07) is 0. The molecule has 0 atom stereocenters. The molecule has 0 fully saturated rings. The maximum Gasteiger partial charge on any atom is 0.435 e. The van der Waals surface area contributed by atoms with Gasteiger partial charge in [-0.2, -0.15) is 18.3 Å². The highest BCUT2D eigenvalue weighted by atomic mass is 35.5. The molecule has 1 heterocycles. The van der Waals surface area contributed by atoms with Crippen molar-refractivity contribution in [1.82, 2.24) is 9.78 Å². The molecular formula is C6H6ClF3N2O. The van der Waals surface area contributed by atoms with Crippen molar-refractivity contribution in [3.8, 4) is 0 Å². The molecule has 0 radical (unpaired) electrons. The van der Waals surface area contributed by atoms with Crippen LogP contribution in [0.2, 0.25) is 5.15 Å². The van der Waals surface area contributed by atoms with Crippen molar-refractivity contribution in [3.63, 3.8) is 0 Å². The number of hydrogen-bond acceptors (Lipinski definition) is 2. The van der Waals surface area contributed by atoms with Gasteiger partial charge in [0.1, 0.15) is 5.15 Å². The van der Waals surface area contributed by atoms with Gasteiger partial charge in [-0.3, -0.25) is 4.68 Å². The fourth-order valence-electron chi connectivity index (χ4n) is 0.915. The minimum Gasteiger partial charge on any atom is -0.391 e. The predicted octanol–water partition coefficient (Wildman–Crippen LogP) is 1.58. The van der Waals surface area contributed by atoms with Crippen molar-refractivity contribution in [3.05, 3.63) is 16.4 Å². The van der Waals surface area contributed by atoms with Gasteiger partial charge in [0.15, 0.2) is 5.69 Å². The van der Waals surface area contributed by atoms with Gasteiger partial charge in [-0.05, 0) is 0 Å². The lowest BCUT2D eigenvalue weighted by Crippen LogP contribution is -2.09. The minimum absolute atomic E-state index is 0.199. The van der Waals surface area contributed by atoms with Crippen LogP contribution in [0.25, 0.3) is 0 Å². The van der Waals surface area contributed by atoms with Gasteiger partial charge in [-0.25, -0.2) is 0 Å². The molecule has 0 bridgehead atoms. The summed E-state index contributed by atoms with van der Waals surface area (Å²) in [6.45, 7) is -0.776. The molecule has 0 spiro atoms. The molecule has 0 aliphatic rings. The van der Waals surface area contributed by atoms with Gasteiger partial charge in [0.05, 0.1) is 6.61 Å². The van der Waals surface area contributed by atoms with Gasteiger partial charge in [0.2, 0.25) is 0 Å². The number of nitrogens with zero attached hydrogens (tertiary/aromatic N) is 2. The maximum absolute atomic E-state index is 12.2. The first-order valence-electron chi connectivity index (χ1n) is 3.27. The van der Waals surface area contributed by atoms with Crippen molar-refractivity contribution in [2.75, 3.05) is 0 Å². The minimum atomic E-state index is -4.58. The molecule has 1 N–H and O–H groups in total. The third kappa shape index (κ3) is 1.78. The Morgan fingerprint density at radius 2 is 2.08 bits per heavy atom. The van der Waals surface area contributed by atoms with E-state index >= 15 is 0 Å². The molecule has 0 aliphatic heterocycles. The monoisotopic (exact) mass is 214 g/mol. The largest absolute Gasteiger partial charge is 0.435 e. The summed E-state index contributed by atoms with van der Waals surface area (Å²) in [7, 11) is 1.27. The van der Waals surface area contributed by atoms with Gasteiger partial charge in [-0.1, -0.05) is 11.6 Å². The van der Waals surface area contributed by atoms with Crippen LogP contribution in [0.3, 0.4) is 0 Å². The number of aliphatic hydroxyl groups is 1. The zero-order valence-corrected chi connectivity index (χ0v) is 7.32. The van der Waals surface area contributed by atoms with E-state index in [1.165, 1.54) is 7.05 Å². The van der Waals surface area contributed by atoms with Crippen LogP contribution >= 0.6 is 11.6 Å². The fraction of sp³-hybridized carbons (Fsp3) is 0.500. The van der Waals surface area contributed by atoms with Crippen LogP contribution < -0.4 is 0 Å². The van der Waals surface area contributed by atoms with E-state index in [4.69, 9.17) is 16.7 Å². The molecule has 7 heteroatoms. The fourth-order valence-corrected chi connectivity index (χ4v) is 1.10. The molecule has 1 aromatic heterocycles. The van der Waals surface area contributed by atoms with Crippen LogP contribution in [0.5, 0.6) is 0 Å². The highest BCUT2D eigenvalue weighted by molar-refractivity contribution is 6.30. The number of hydrogen-bond donors (Lipinski definition) is 1. The average molecular weight is 215 g/mol. The van der Waals surface area contributed by atoms with Crippen LogP contribution in [0, 0.1) is 0 Å². The summed E-state index contributed by atoms with van der Waals surface area (Å²) in [5, 5.41) is 11.6. The van der Waals surface area contributed by atoms with Crippen molar-refractivity contribution >= 4 is 11.6 Å². The highest BCUT2D eigenvalue weighted by Crippen LogP contribution is 2.33. The van der Waals surface area contributed by atoms with Crippen molar-refractivity contribution in [1.29, 1.82) is 0 Å². The Bertz CT molecular complexity index is 320. The van der Waals surface area contributed by atoms with Gasteiger partial charge in [0, 0.05) is 12.6 Å². The zero-order chi connectivity index (χ0) is 10.2. The van der Waals surface area contributed by atoms with E-state index in [2.05, 4.69) is 5.10 Å². The normalized spacial score (nSPS) is 12.2. The standard InChI is InChI=1S/C6H6ClF3N2O/c1-12-5(7)3(2-13)4(11-12)6(8,9)10/h13H,2H2,1H3. The Balaban J connectivity index is 3.30. The van der Waals surface area contributed by atoms with Crippen molar-refractivity contribution in [2.24, 2.45) is 7.05 Å². The van der Waals surface area contributed by atoms with Gasteiger partial charge < -0.3 is 5.11 Å². The number of rotatable bonds is 1. The topological polar surface area (TPSA) is 38.0 Å². The molecule has 0 unspecified atom stereocenters. The SMILES string of the molecule is Cn1nc(C(F)(F)F)c(CO)c1Cl. The second kappa shape index (κ2) is 3.19. The molecule has 13 heavy (non-hydrogen) atoms. The molecule has 1 aromatic rings. The van der Waals surface area contributed by atoms with Gasteiger partial charge in [-0.15, -0.1) is 0 Å². The Labute approximate surface area is 76.7 Å². The summed E-state index contributed by atoms with van der Waals surface area (Å²) >= 11 is 5.46. The summed E-state index contributed by atoms with van der Waals surface area (Å²) in [6.07, 6.45) is -4.58. The quantitative estimate of drug-likeness (QED) is 0.771. The molecule has 0 saturated carbocycles. The van der Waals surface area contributed by atoms with Gasteiger partial charge >= 0.3 is 6.18 Å². The molecule has 1 rings (SSSR count). The molecule has 0 aliphatic carbocycles. The molecule has 0 aromatic carbocycles. The lowest BCUT2D eigenvalue weighted by molar-refractivity contribution is -0.142. The van der Waals surface area contributed by atoms with E-state index in [0.717, 1.165) is 4.68 Å². The number of alkyl halides is 3. The first-order chi connectivity index (χ1) is 5.88. The average Bonchev–Trinajstić information content (AvgIpc) is 2.28. The number of aromatic nitrogens is 2. The lowest BCUT2D eigenvalue weighted by atomic mass is 10.2. The third-order valence-electron chi connectivity index (χ3n) is 1.50. The number of aryl methyl sites for hydroxylation is 1. The second-order valence-corrected chi connectivity index (χ2v) is 2.76. The number of halogens is 4. The van der Waals surface area contributed by atoms with Gasteiger partial charge in [0.25, 0.3) is 0 Å².